The Balaban J connectivity index is 4.16. The van der Waals surface area contributed by atoms with Gasteiger partial charge in [0.05, 0.1) is 0 Å². The van der Waals surface area contributed by atoms with Crippen LogP contribution in [-0.4, -0.2) is 49.7 Å². The zero-order chi connectivity index (χ0) is 45.6. The van der Waals surface area contributed by atoms with Gasteiger partial charge in [0, 0.05) is 25.9 Å². The second-order valence-corrected chi connectivity index (χ2v) is 20.0. The van der Waals surface area contributed by atoms with Crippen LogP contribution in [0.3, 0.4) is 0 Å². The molecule has 0 N–H and O–H groups in total. The van der Waals surface area contributed by atoms with Gasteiger partial charge in [-0.1, -0.05) is 297 Å². The Bertz CT molecular complexity index is 827. The first-order valence-corrected chi connectivity index (χ1v) is 29.2. The molecule has 0 fully saturated rings. The van der Waals surface area contributed by atoms with Crippen molar-refractivity contribution in [2.24, 2.45) is 0 Å². The maximum Gasteiger partial charge on any atom is 0.305 e. The standard InChI is InChI=1S/C58H115NO4/c1-4-7-10-13-16-19-22-25-28-31-34-37-40-43-46-49-52-59(53-55-62-57(60)50-47-44-41-38-35-32-29-26-23-20-17-14-11-8-5-2)54-56-63-58(61)51-48-45-42-39-36-33-30-27-24-21-18-15-12-9-6-3/h4-56H2,1-3H3. The minimum Gasteiger partial charge on any atom is -0.464 e. The van der Waals surface area contributed by atoms with Crippen LogP contribution in [0.15, 0.2) is 0 Å². The molecule has 0 spiro atoms. The monoisotopic (exact) mass is 890 g/mol. The van der Waals surface area contributed by atoms with E-state index in [-0.39, 0.29) is 11.9 Å². The smallest absolute Gasteiger partial charge is 0.305 e. The molecule has 63 heavy (non-hydrogen) atoms. The first-order valence-electron chi connectivity index (χ1n) is 29.2. The predicted octanol–water partition coefficient (Wildman–Crippen LogP) is 19.2. The zero-order valence-corrected chi connectivity index (χ0v) is 43.6. The van der Waals surface area contributed by atoms with Gasteiger partial charge in [-0.25, -0.2) is 0 Å². The molecule has 0 radical (unpaired) electrons. The van der Waals surface area contributed by atoms with E-state index in [1.807, 2.05) is 0 Å². The van der Waals surface area contributed by atoms with Crippen molar-refractivity contribution in [1.82, 2.24) is 4.90 Å². The summed E-state index contributed by atoms with van der Waals surface area (Å²) in [6, 6.07) is 0. The van der Waals surface area contributed by atoms with Crippen molar-refractivity contribution in [1.29, 1.82) is 0 Å². The lowest BCUT2D eigenvalue weighted by atomic mass is 10.0. The van der Waals surface area contributed by atoms with E-state index in [0.29, 0.717) is 26.1 Å². The molecule has 0 saturated carbocycles. The lowest BCUT2D eigenvalue weighted by Gasteiger charge is -2.22. The summed E-state index contributed by atoms with van der Waals surface area (Å²) in [5.41, 5.74) is 0. The average Bonchev–Trinajstić information content (AvgIpc) is 3.28. The minimum absolute atomic E-state index is 0.0537. The van der Waals surface area contributed by atoms with Crippen LogP contribution in [0.4, 0.5) is 0 Å². The Hall–Kier alpha value is -1.10. The topological polar surface area (TPSA) is 55.8 Å². The van der Waals surface area contributed by atoms with Crippen LogP contribution in [0.2, 0.25) is 0 Å². The lowest BCUT2D eigenvalue weighted by Crippen LogP contribution is -2.33. The molecule has 0 bridgehead atoms. The van der Waals surface area contributed by atoms with Gasteiger partial charge in [-0.05, 0) is 25.8 Å². The summed E-state index contributed by atoms with van der Waals surface area (Å²) in [4.78, 5) is 27.5. The quantitative estimate of drug-likeness (QED) is 0.0450. The van der Waals surface area contributed by atoms with Gasteiger partial charge >= 0.3 is 11.9 Å². The number of unbranched alkanes of at least 4 members (excludes halogenated alkanes) is 43. The molecule has 0 aliphatic rings. The number of carbonyl (C=O) groups is 2. The SMILES string of the molecule is CCCCCCCCCCCCCCCCCCN(CCOC(=O)CCCCCCCCCCCCCCCCC)CCOC(=O)CCCCCCCCCCCCCCCCC. The van der Waals surface area contributed by atoms with Crippen LogP contribution in [0.1, 0.15) is 329 Å². The van der Waals surface area contributed by atoms with Crippen molar-refractivity contribution < 1.29 is 19.1 Å². The van der Waals surface area contributed by atoms with Crippen molar-refractivity contribution in [3.8, 4) is 0 Å². The van der Waals surface area contributed by atoms with Crippen LogP contribution in [-0.2, 0) is 19.1 Å². The van der Waals surface area contributed by atoms with E-state index < -0.39 is 0 Å². The number of hydrogen-bond acceptors (Lipinski definition) is 5. The van der Waals surface area contributed by atoms with E-state index in [2.05, 4.69) is 25.7 Å². The Morgan fingerprint density at radius 1 is 0.254 bits per heavy atom. The number of rotatable bonds is 55. The van der Waals surface area contributed by atoms with E-state index in [4.69, 9.17) is 9.47 Å². The molecule has 0 aromatic rings. The highest BCUT2D eigenvalue weighted by molar-refractivity contribution is 5.69. The van der Waals surface area contributed by atoms with Crippen LogP contribution < -0.4 is 0 Å². The van der Waals surface area contributed by atoms with Gasteiger partial charge < -0.3 is 9.47 Å². The second kappa shape index (κ2) is 55.2. The highest BCUT2D eigenvalue weighted by atomic mass is 16.5. The van der Waals surface area contributed by atoms with E-state index in [1.54, 1.807) is 0 Å². The molecule has 0 amide bonds. The molecule has 0 aliphatic heterocycles. The summed E-state index contributed by atoms with van der Waals surface area (Å²) >= 11 is 0. The molecule has 0 heterocycles. The normalized spacial score (nSPS) is 11.6. The number of ether oxygens (including phenoxy) is 2. The number of hydrogen-bond donors (Lipinski definition) is 0. The first-order chi connectivity index (χ1) is 31.1. The van der Waals surface area contributed by atoms with Crippen LogP contribution in [0, 0.1) is 0 Å². The van der Waals surface area contributed by atoms with Crippen molar-refractivity contribution in [3.63, 3.8) is 0 Å². The van der Waals surface area contributed by atoms with Crippen molar-refractivity contribution in [2.45, 2.75) is 329 Å². The molecule has 0 saturated heterocycles. The highest BCUT2D eigenvalue weighted by Gasteiger charge is 2.10. The van der Waals surface area contributed by atoms with Gasteiger partial charge in [0.15, 0.2) is 0 Å². The maximum atomic E-state index is 12.6. The molecule has 0 rings (SSSR count). The molecule has 0 atom stereocenters. The summed E-state index contributed by atoms with van der Waals surface area (Å²) in [5.74, 6) is -0.107. The third kappa shape index (κ3) is 53.4. The Kier molecular flexibility index (Phi) is 54.3. The lowest BCUT2D eigenvalue weighted by molar-refractivity contribution is -0.144. The van der Waals surface area contributed by atoms with Crippen LogP contribution in [0.5, 0.6) is 0 Å². The van der Waals surface area contributed by atoms with E-state index >= 15 is 0 Å². The Morgan fingerprint density at radius 3 is 0.667 bits per heavy atom. The van der Waals surface area contributed by atoms with Gasteiger partial charge in [-0.3, -0.25) is 14.5 Å². The molecular weight excluding hydrogens is 775 g/mol. The summed E-state index contributed by atoms with van der Waals surface area (Å²) in [5, 5.41) is 0. The summed E-state index contributed by atoms with van der Waals surface area (Å²) in [6.07, 6.45) is 62.9. The van der Waals surface area contributed by atoms with Gasteiger partial charge in [0.25, 0.3) is 0 Å². The Morgan fingerprint density at radius 2 is 0.444 bits per heavy atom. The largest absolute Gasteiger partial charge is 0.464 e. The second-order valence-electron chi connectivity index (χ2n) is 20.0. The molecule has 5 heteroatoms. The fraction of sp³-hybridized carbons (Fsp3) is 0.966. The molecule has 0 aromatic heterocycles. The summed E-state index contributed by atoms with van der Waals surface area (Å²) in [7, 11) is 0. The minimum atomic E-state index is -0.0537. The van der Waals surface area contributed by atoms with E-state index in [1.165, 1.54) is 263 Å². The Labute approximate surface area is 396 Å². The molecular formula is C58H115NO4. The van der Waals surface area contributed by atoms with E-state index in [0.717, 1.165) is 51.7 Å². The molecule has 0 aliphatic carbocycles. The maximum absolute atomic E-state index is 12.6. The van der Waals surface area contributed by atoms with Gasteiger partial charge in [-0.15, -0.1) is 0 Å². The van der Waals surface area contributed by atoms with Crippen molar-refractivity contribution >= 4 is 11.9 Å². The fourth-order valence-corrected chi connectivity index (χ4v) is 9.22. The van der Waals surface area contributed by atoms with Gasteiger partial charge in [-0.2, -0.15) is 0 Å². The van der Waals surface area contributed by atoms with E-state index in [9.17, 15) is 9.59 Å². The van der Waals surface area contributed by atoms with Crippen molar-refractivity contribution in [3.05, 3.63) is 0 Å². The third-order valence-corrected chi connectivity index (χ3v) is 13.6. The molecule has 376 valence electrons. The van der Waals surface area contributed by atoms with Gasteiger partial charge in [0.2, 0.25) is 0 Å². The number of nitrogens with zero attached hydrogens (tertiary/aromatic N) is 1. The van der Waals surface area contributed by atoms with Crippen molar-refractivity contribution in [2.75, 3.05) is 32.8 Å². The molecule has 5 nitrogen and oxygen atoms in total. The highest BCUT2D eigenvalue weighted by Crippen LogP contribution is 2.17. The zero-order valence-electron chi connectivity index (χ0n) is 43.6. The van der Waals surface area contributed by atoms with Gasteiger partial charge in [0.1, 0.15) is 13.2 Å². The average molecular weight is 891 g/mol. The number of carbonyl (C=O) groups excluding carboxylic acids is 2. The number of esters is 2. The molecule has 0 aromatic carbocycles. The predicted molar refractivity (Wildman–Crippen MR) is 277 cm³/mol. The van der Waals surface area contributed by atoms with Crippen LogP contribution >= 0.6 is 0 Å². The van der Waals surface area contributed by atoms with Crippen LogP contribution in [0.25, 0.3) is 0 Å². The molecule has 0 unspecified atom stereocenters. The summed E-state index contributed by atoms with van der Waals surface area (Å²) in [6.45, 7) is 10.2. The fourth-order valence-electron chi connectivity index (χ4n) is 9.22. The first kappa shape index (κ1) is 61.9. The third-order valence-electron chi connectivity index (χ3n) is 13.6. The summed E-state index contributed by atoms with van der Waals surface area (Å²) < 4.78 is 11.4.